The Morgan fingerprint density at radius 1 is 1.26 bits per heavy atom. The van der Waals surface area contributed by atoms with Crippen LogP contribution < -0.4 is 14.4 Å². The van der Waals surface area contributed by atoms with Gasteiger partial charge in [-0.2, -0.15) is 5.10 Å². The minimum Gasteiger partial charge on any atom is -0.495 e. The zero-order valence-electron chi connectivity index (χ0n) is 15.1. The van der Waals surface area contributed by atoms with E-state index < -0.39 is 10.0 Å². The molecule has 144 valence electrons. The molecule has 1 fully saturated rings. The van der Waals surface area contributed by atoms with Crippen molar-refractivity contribution in [2.75, 3.05) is 29.0 Å². The van der Waals surface area contributed by atoms with Crippen LogP contribution in [0.1, 0.15) is 41.0 Å². The number of benzene rings is 1. The van der Waals surface area contributed by atoms with Crippen LogP contribution in [0.2, 0.25) is 0 Å². The highest BCUT2D eigenvalue weighted by molar-refractivity contribution is 7.93. The molecule has 1 aliphatic heterocycles. The summed E-state index contributed by atoms with van der Waals surface area (Å²) in [6, 6.07) is 5.00. The van der Waals surface area contributed by atoms with Gasteiger partial charge in [0.05, 0.1) is 18.6 Å². The fourth-order valence-electron chi connectivity index (χ4n) is 3.73. The molecule has 2 N–H and O–H groups in total. The molecule has 0 atom stereocenters. The van der Waals surface area contributed by atoms with Gasteiger partial charge in [0.1, 0.15) is 5.75 Å². The lowest BCUT2D eigenvalue weighted by Gasteiger charge is -2.20. The maximum absolute atomic E-state index is 12.7. The van der Waals surface area contributed by atoms with E-state index in [1.165, 1.54) is 11.4 Å². The van der Waals surface area contributed by atoms with E-state index in [0.717, 1.165) is 36.9 Å². The van der Waals surface area contributed by atoms with E-state index in [0.29, 0.717) is 35.8 Å². The standard InChI is InChI=1S/C18H22N4O4S/c1-26-16-8-7-12(11-15(16)22-9-4-10-27(22,24)25)19-18(23)17-13-5-2-3-6-14(13)20-21-17/h7-8,11H,2-6,9-10H2,1H3,(H,19,23)(H,20,21). The van der Waals surface area contributed by atoms with Crippen molar-refractivity contribution in [2.45, 2.75) is 32.1 Å². The number of amides is 1. The van der Waals surface area contributed by atoms with Crippen LogP contribution in [0.3, 0.4) is 0 Å². The number of methoxy groups -OCH3 is 1. The summed E-state index contributed by atoms with van der Waals surface area (Å²) in [5.41, 5.74) is 3.37. The highest BCUT2D eigenvalue weighted by Gasteiger charge is 2.31. The Balaban J connectivity index is 1.62. The summed E-state index contributed by atoms with van der Waals surface area (Å²) in [7, 11) is -1.85. The highest BCUT2D eigenvalue weighted by atomic mass is 32.2. The van der Waals surface area contributed by atoms with Gasteiger partial charge in [0.15, 0.2) is 5.69 Å². The Labute approximate surface area is 158 Å². The van der Waals surface area contributed by atoms with E-state index in [1.54, 1.807) is 18.2 Å². The number of carbonyl (C=O) groups is 1. The van der Waals surface area contributed by atoms with Gasteiger partial charge in [0.2, 0.25) is 10.0 Å². The minimum atomic E-state index is -3.35. The van der Waals surface area contributed by atoms with E-state index in [4.69, 9.17) is 4.74 Å². The first-order chi connectivity index (χ1) is 13.0. The Hall–Kier alpha value is -2.55. The molecule has 0 spiro atoms. The third kappa shape index (κ3) is 3.27. The molecule has 2 aliphatic rings. The zero-order chi connectivity index (χ0) is 19.0. The van der Waals surface area contributed by atoms with Crippen LogP contribution in [-0.4, -0.2) is 43.9 Å². The van der Waals surface area contributed by atoms with Crippen molar-refractivity contribution in [3.63, 3.8) is 0 Å². The van der Waals surface area contributed by atoms with Gasteiger partial charge in [-0.25, -0.2) is 8.42 Å². The molecule has 27 heavy (non-hydrogen) atoms. The summed E-state index contributed by atoms with van der Waals surface area (Å²) in [6.45, 7) is 0.406. The van der Waals surface area contributed by atoms with Crippen LogP contribution in [0.4, 0.5) is 11.4 Å². The molecule has 9 heteroatoms. The van der Waals surface area contributed by atoms with E-state index in [9.17, 15) is 13.2 Å². The smallest absolute Gasteiger partial charge is 0.276 e. The normalized spacial score (nSPS) is 18.2. The van der Waals surface area contributed by atoms with Gasteiger partial charge in [0.25, 0.3) is 5.91 Å². The number of hydrogen-bond acceptors (Lipinski definition) is 5. The van der Waals surface area contributed by atoms with E-state index in [1.807, 2.05) is 0 Å². The number of aromatic amines is 1. The number of aromatic nitrogens is 2. The second-order valence-electron chi connectivity index (χ2n) is 6.82. The number of hydrogen-bond donors (Lipinski definition) is 2. The minimum absolute atomic E-state index is 0.117. The molecule has 1 aromatic heterocycles. The Kier molecular flexibility index (Phi) is 4.55. The number of rotatable bonds is 4. The number of fused-ring (bicyclic) bond motifs is 1. The molecular weight excluding hydrogens is 368 g/mol. The van der Waals surface area contributed by atoms with Gasteiger partial charge in [0, 0.05) is 23.5 Å². The predicted octanol–water partition coefficient (Wildman–Crippen LogP) is 2.09. The molecular formula is C18H22N4O4S. The molecule has 2 aromatic rings. The van der Waals surface area contributed by atoms with Crippen LogP contribution >= 0.6 is 0 Å². The summed E-state index contributed by atoms with van der Waals surface area (Å²) >= 11 is 0. The van der Waals surface area contributed by atoms with Crippen molar-refractivity contribution < 1.29 is 17.9 Å². The molecule has 1 amide bonds. The van der Waals surface area contributed by atoms with Crippen LogP contribution in [0, 0.1) is 0 Å². The monoisotopic (exact) mass is 390 g/mol. The van der Waals surface area contributed by atoms with Crippen molar-refractivity contribution in [1.29, 1.82) is 0 Å². The second kappa shape index (κ2) is 6.88. The molecule has 1 aromatic carbocycles. The van der Waals surface area contributed by atoms with E-state index >= 15 is 0 Å². The molecule has 0 radical (unpaired) electrons. The zero-order valence-corrected chi connectivity index (χ0v) is 15.9. The van der Waals surface area contributed by atoms with Gasteiger partial charge in [-0.3, -0.25) is 14.2 Å². The van der Waals surface area contributed by atoms with Gasteiger partial charge >= 0.3 is 0 Å². The van der Waals surface area contributed by atoms with Crippen LogP contribution in [-0.2, 0) is 22.9 Å². The van der Waals surface area contributed by atoms with Gasteiger partial charge in [-0.05, 0) is 50.3 Å². The Morgan fingerprint density at radius 3 is 2.81 bits per heavy atom. The van der Waals surface area contributed by atoms with Crippen molar-refractivity contribution in [1.82, 2.24) is 10.2 Å². The Morgan fingerprint density at radius 2 is 2.07 bits per heavy atom. The SMILES string of the molecule is COc1ccc(NC(=O)c2n[nH]c3c2CCCC3)cc1N1CCCS1(=O)=O. The van der Waals surface area contributed by atoms with Crippen LogP contribution in [0.25, 0.3) is 0 Å². The quantitative estimate of drug-likeness (QED) is 0.832. The maximum atomic E-state index is 12.7. The number of anilines is 2. The molecule has 1 aliphatic carbocycles. The topological polar surface area (TPSA) is 104 Å². The third-order valence-electron chi connectivity index (χ3n) is 5.08. The lowest BCUT2D eigenvalue weighted by molar-refractivity contribution is 0.102. The largest absolute Gasteiger partial charge is 0.495 e. The maximum Gasteiger partial charge on any atom is 0.276 e. The lowest BCUT2D eigenvalue weighted by atomic mass is 9.96. The lowest BCUT2D eigenvalue weighted by Crippen LogP contribution is -2.25. The molecule has 1 saturated heterocycles. The van der Waals surface area contributed by atoms with Crippen molar-refractivity contribution >= 4 is 27.3 Å². The van der Waals surface area contributed by atoms with Crippen molar-refractivity contribution in [3.8, 4) is 5.75 Å². The van der Waals surface area contributed by atoms with Crippen LogP contribution in [0.5, 0.6) is 5.75 Å². The number of H-pyrrole nitrogens is 1. The number of nitrogens with one attached hydrogen (secondary N) is 2. The molecule has 8 nitrogen and oxygen atoms in total. The van der Waals surface area contributed by atoms with Gasteiger partial charge in [-0.15, -0.1) is 0 Å². The fourth-order valence-corrected chi connectivity index (χ4v) is 5.30. The van der Waals surface area contributed by atoms with E-state index in [-0.39, 0.29) is 11.7 Å². The number of carbonyl (C=O) groups excluding carboxylic acids is 1. The summed E-state index contributed by atoms with van der Waals surface area (Å²) in [4.78, 5) is 12.7. The average Bonchev–Trinajstić information content (AvgIpc) is 3.24. The molecule has 0 bridgehead atoms. The first-order valence-electron chi connectivity index (χ1n) is 9.05. The first kappa shape index (κ1) is 17.8. The summed E-state index contributed by atoms with van der Waals surface area (Å²) < 4.78 is 31.2. The summed E-state index contributed by atoms with van der Waals surface area (Å²) in [6.07, 6.45) is 4.47. The highest BCUT2D eigenvalue weighted by Crippen LogP contribution is 2.35. The number of aryl methyl sites for hydroxylation is 1. The van der Waals surface area contributed by atoms with Gasteiger partial charge < -0.3 is 10.1 Å². The van der Waals surface area contributed by atoms with E-state index in [2.05, 4.69) is 15.5 Å². The molecule has 4 rings (SSSR count). The summed E-state index contributed by atoms with van der Waals surface area (Å²) in [5.74, 6) is 0.275. The second-order valence-corrected chi connectivity index (χ2v) is 8.83. The van der Waals surface area contributed by atoms with Crippen molar-refractivity contribution in [2.24, 2.45) is 0 Å². The average molecular weight is 390 g/mol. The third-order valence-corrected chi connectivity index (χ3v) is 6.93. The molecule has 0 saturated carbocycles. The molecule has 0 unspecified atom stereocenters. The number of nitrogens with zero attached hydrogens (tertiary/aromatic N) is 2. The predicted molar refractivity (Wildman–Crippen MR) is 102 cm³/mol. The summed E-state index contributed by atoms with van der Waals surface area (Å²) in [5, 5.41) is 9.98. The van der Waals surface area contributed by atoms with Crippen LogP contribution in [0.15, 0.2) is 18.2 Å². The number of sulfonamides is 1. The van der Waals surface area contributed by atoms with Crippen molar-refractivity contribution in [3.05, 3.63) is 35.2 Å². The Bertz CT molecular complexity index is 983. The van der Waals surface area contributed by atoms with Gasteiger partial charge in [-0.1, -0.05) is 0 Å². The number of ether oxygens (including phenoxy) is 1. The fraction of sp³-hybridized carbons (Fsp3) is 0.444. The first-order valence-corrected chi connectivity index (χ1v) is 10.7. The molecule has 2 heterocycles.